The van der Waals surface area contributed by atoms with Crippen LogP contribution in [0.4, 0.5) is 0 Å². The van der Waals surface area contributed by atoms with E-state index >= 15 is 0 Å². The smallest absolute Gasteiger partial charge is 0.148 e. The lowest BCUT2D eigenvalue weighted by Gasteiger charge is -2.31. The van der Waals surface area contributed by atoms with E-state index in [1.807, 2.05) is 23.9 Å². The van der Waals surface area contributed by atoms with Crippen LogP contribution >= 0.6 is 0 Å². The largest absolute Gasteiger partial charge is 0.304 e. The Morgan fingerprint density at radius 2 is 1.35 bits per heavy atom. The van der Waals surface area contributed by atoms with Gasteiger partial charge in [-0.1, -0.05) is 0 Å². The topological polar surface area (TPSA) is 69.7 Å². The van der Waals surface area contributed by atoms with Gasteiger partial charge in [-0.3, -0.25) is 24.2 Å². The molecule has 3 atom stereocenters. The van der Waals surface area contributed by atoms with Gasteiger partial charge in [-0.2, -0.15) is 0 Å². The second-order valence-electron chi connectivity index (χ2n) is 5.70. The fourth-order valence-corrected chi connectivity index (χ4v) is 2.59. The lowest BCUT2D eigenvalue weighted by Crippen LogP contribution is -2.50. The Hall–Kier alpha value is -1.11. The summed E-state index contributed by atoms with van der Waals surface area (Å²) in [4.78, 5) is 39.0. The Labute approximate surface area is 120 Å². The predicted octanol–water partition coefficient (Wildman–Crippen LogP) is -0.674. The van der Waals surface area contributed by atoms with Gasteiger partial charge in [0.05, 0.1) is 18.1 Å². The molecule has 1 fully saturated rings. The van der Waals surface area contributed by atoms with Gasteiger partial charge in [-0.05, 0) is 34.9 Å². The first kappa shape index (κ1) is 16.9. The average Bonchev–Trinajstić information content (AvgIpc) is 2.38. The molecule has 6 heteroatoms. The van der Waals surface area contributed by atoms with Crippen LogP contribution in [0.25, 0.3) is 0 Å². The number of Topliss-reactive ketones (excluding diaryl/α,β-unsaturated/α-hetero) is 3. The van der Waals surface area contributed by atoms with Crippen LogP contribution in [0.3, 0.4) is 0 Å². The van der Waals surface area contributed by atoms with Crippen LogP contribution < -0.4 is 5.32 Å². The number of rotatable bonds is 3. The second-order valence-corrected chi connectivity index (χ2v) is 5.70. The first-order valence-electron chi connectivity index (χ1n) is 6.89. The number of nitrogens with one attached hydrogen (secondary N) is 1. The Morgan fingerprint density at radius 3 is 1.80 bits per heavy atom. The molecule has 1 saturated heterocycles. The first-order valence-corrected chi connectivity index (χ1v) is 6.89. The van der Waals surface area contributed by atoms with Crippen LogP contribution in [0.5, 0.6) is 0 Å². The molecule has 0 aromatic heterocycles. The Kier molecular flexibility index (Phi) is 5.98. The van der Waals surface area contributed by atoms with Crippen molar-refractivity contribution in [1.82, 2.24) is 15.1 Å². The SMILES string of the molecule is CC(=O)C1CN(C)C(C(C)=O)CN(C)C(C(C)=O)CN1. The highest BCUT2D eigenvalue weighted by Crippen LogP contribution is 2.09. The predicted molar refractivity (Wildman–Crippen MR) is 76.7 cm³/mol. The van der Waals surface area contributed by atoms with Crippen molar-refractivity contribution in [3.8, 4) is 0 Å². The summed E-state index contributed by atoms with van der Waals surface area (Å²) in [6, 6.07) is -0.969. The summed E-state index contributed by atoms with van der Waals surface area (Å²) >= 11 is 0. The molecule has 6 nitrogen and oxygen atoms in total. The summed E-state index contributed by atoms with van der Waals surface area (Å²) in [7, 11) is 3.68. The number of nitrogens with zero attached hydrogens (tertiary/aromatic N) is 2. The maximum atomic E-state index is 11.8. The molecule has 1 heterocycles. The molecule has 114 valence electrons. The molecule has 0 aliphatic carbocycles. The molecular formula is C14H25N3O3. The molecule has 0 spiro atoms. The number of likely N-dealkylation sites (N-methyl/N-ethyl adjacent to an activating group) is 2. The Bertz CT molecular complexity index is 397. The number of ketones is 3. The van der Waals surface area contributed by atoms with Gasteiger partial charge in [0.2, 0.25) is 0 Å². The van der Waals surface area contributed by atoms with Crippen molar-refractivity contribution >= 4 is 17.3 Å². The minimum Gasteiger partial charge on any atom is -0.304 e. The van der Waals surface area contributed by atoms with E-state index < -0.39 is 0 Å². The van der Waals surface area contributed by atoms with E-state index in [4.69, 9.17) is 0 Å². The molecule has 0 bridgehead atoms. The van der Waals surface area contributed by atoms with Gasteiger partial charge in [0.15, 0.2) is 0 Å². The summed E-state index contributed by atoms with van der Waals surface area (Å²) < 4.78 is 0. The molecule has 1 aliphatic heterocycles. The van der Waals surface area contributed by atoms with E-state index in [9.17, 15) is 14.4 Å². The van der Waals surface area contributed by atoms with Crippen molar-refractivity contribution < 1.29 is 14.4 Å². The third-order valence-corrected chi connectivity index (χ3v) is 3.98. The number of hydrogen-bond donors (Lipinski definition) is 1. The van der Waals surface area contributed by atoms with Crippen molar-refractivity contribution in [2.45, 2.75) is 38.9 Å². The van der Waals surface area contributed by atoms with Crippen molar-refractivity contribution in [3.05, 3.63) is 0 Å². The quantitative estimate of drug-likeness (QED) is 0.740. The van der Waals surface area contributed by atoms with Crippen LogP contribution in [-0.4, -0.2) is 79.0 Å². The molecule has 1 rings (SSSR count). The van der Waals surface area contributed by atoms with Gasteiger partial charge in [-0.15, -0.1) is 0 Å². The zero-order valence-corrected chi connectivity index (χ0v) is 13.0. The van der Waals surface area contributed by atoms with Gasteiger partial charge < -0.3 is 5.32 Å². The van der Waals surface area contributed by atoms with Crippen LogP contribution in [0, 0.1) is 0 Å². The number of carbonyl (C=O) groups excluding carboxylic acids is 3. The summed E-state index contributed by atoms with van der Waals surface area (Å²) in [5.41, 5.74) is 0. The molecule has 0 radical (unpaired) electrons. The summed E-state index contributed by atoms with van der Waals surface area (Å²) in [5, 5.41) is 3.15. The minimum absolute atomic E-state index is 0.0195. The lowest BCUT2D eigenvalue weighted by atomic mass is 10.1. The van der Waals surface area contributed by atoms with E-state index in [1.54, 1.807) is 6.92 Å². The molecule has 1 aliphatic rings. The molecule has 3 unspecified atom stereocenters. The first-order chi connectivity index (χ1) is 9.23. The molecular weight excluding hydrogens is 258 g/mol. The zero-order chi connectivity index (χ0) is 15.4. The maximum absolute atomic E-state index is 11.8. The van der Waals surface area contributed by atoms with Crippen molar-refractivity contribution in [1.29, 1.82) is 0 Å². The molecule has 0 aromatic rings. The van der Waals surface area contributed by atoms with E-state index in [0.29, 0.717) is 19.6 Å². The van der Waals surface area contributed by atoms with Gasteiger partial charge in [0.25, 0.3) is 0 Å². The standard InChI is InChI=1S/C14H25N3O3/c1-9(18)12-7-16(4)14(11(3)20)8-17(5)13(6-15-12)10(2)19/h12-15H,6-8H2,1-5H3. The third-order valence-electron chi connectivity index (χ3n) is 3.98. The maximum Gasteiger partial charge on any atom is 0.148 e. The minimum atomic E-state index is -0.352. The normalized spacial score (nSPS) is 30.1. The second kappa shape index (κ2) is 7.06. The van der Waals surface area contributed by atoms with Gasteiger partial charge in [-0.25, -0.2) is 0 Å². The zero-order valence-electron chi connectivity index (χ0n) is 13.0. The molecule has 0 aromatic carbocycles. The van der Waals surface area contributed by atoms with Crippen LogP contribution in [0.15, 0.2) is 0 Å². The molecule has 20 heavy (non-hydrogen) atoms. The van der Waals surface area contributed by atoms with E-state index in [-0.39, 0.29) is 35.5 Å². The van der Waals surface area contributed by atoms with Crippen LogP contribution in [0.2, 0.25) is 0 Å². The molecule has 1 N–H and O–H groups in total. The lowest BCUT2D eigenvalue weighted by molar-refractivity contribution is -0.125. The van der Waals surface area contributed by atoms with Crippen LogP contribution in [0.1, 0.15) is 20.8 Å². The van der Waals surface area contributed by atoms with Gasteiger partial charge >= 0.3 is 0 Å². The third kappa shape index (κ3) is 4.19. The Morgan fingerprint density at radius 1 is 0.850 bits per heavy atom. The van der Waals surface area contributed by atoms with Crippen molar-refractivity contribution in [3.63, 3.8) is 0 Å². The van der Waals surface area contributed by atoms with E-state index in [0.717, 1.165) is 0 Å². The van der Waals surface area contributed by atoms with Gasteiger partial charge in [0.1, 0.15) is 17.3 Å². The highest BCUT2D eigenvalue weighted by Gasteiger charge is 2.31. The Balaban J connectivity index is 3.02. The molecule has 0 amide bonds. The number of hydrogen-bond acceptors (Lipinski definition) is 6. The van der Waals surface area contributed by atoms with E-state index in [1.165, 1.54) is 13.8 Å². The fourth-order valence-electron chi connectivity index (χ4n) is 2.59. The van der Waals surface area contributed by atoms with E-state index in [2.05, 4.69) is 5.32 Å². The van der Waals surface area contributed by atoms with Gasteiger partial charge in [0, 0.05) is 19.6 Å². The summed E-state index contributed by atoms with van der Waals surface area (Å²) in [6.07, 6.45) is 0. The van der Waals surface area contributed by atoms with Crippen molar-refractivity contribution in [2.24, 2.45) is 0 Å². The summed E-state index contributed by atoms with van der Waals surface area (Å²) in [5.74, 6) is 0.103. The highest BCUT2D eigenvalue weighted by molar-refractivity contribution is 5.84. The summed E-state index contributed by atoms with van der Waals surface area (Å²) in [6.45, 7) is 6.00. The highest BCUT2D eigenvalue weighted by atomic mass is 16.1. The van der Waals surface area contributed by atoms with Crippen molar-refractivity contribution in [2.75, 3.05) is 33.7 Å². The fraction of sp³-hybridized carbons (Fsp3) is 0.786. The average molecular weight is 283 g/mol. The number of carbonyl (C=O) groups is 3. The van der Waals surface area contributed by atoms with Crippen LogP contribution in [-0.2, 0) is 14.4 Å². The monoisotopic (exact) mass is 283 g/mol. The molecule has 0 saturated carbocycles.